The summed E-state index contributed by atoms with van der Waals surface area (Å²) in [5.41, 5.74) is 0.829. The van der Waals surface area contributed by atoms with Gasteiger partial charge in [-0.2, -0.15) is 0 Å². The topological polar surface area (TPSA) is 86.8 Å². The van der Waals surface area contributed by atoms with Gasteiger partial charge in [0.05, 0.1) is 36.6 Å². The molecular weight excluding hydrogens is 423 g/mol. The highest BCUT2D eigenvalue weighted by atomic mass is 32.1. The second kappa shape index (κ2) is 10.2. The molecule has 1 N–H and O–H groups in total. The van der Waals surface area contributed by atoms with Gasteiger partial charge in [0.25, 0.3) is 0 Å². The van der Waals surface area contributed by atoms with Crippen molar-refractivity contribution in [1.82, 2.24) is 4.98 Å². The van der Waals surface area contributed by atoms with E-state index in [9.17, 15) is 14.0 Å². The number of carbonyl (C=O) groups is 2. The van der Waals surface area contributed by atoms with E-state index in [0.717, 1.165) is 4.70 Å². The number of hydrogen-bond acceptors (Lipinski definition) is 8. The van der Waals surface area contributed by atoms with Crippen molar-refractivity contribution in [2.45, 2.75) is 19.9 Å². The van der Waals surface area contributed by atoms with Crippen molar-refractivity contribution >= 4 is 38.6 Å². The number of nitrogens with one attached hydrogen (secondary N) is 1. The second-order valence-corrected chi connectivity index (χ2v) is 7.51. The maximum Gasteiger partial charge on any atom is 0.322 e. The van der Waals surface area contributed by atoms with E-state index in [1.165, 1.54) is 29.5 Å². The Morgan fingerprint density at radius 3 is 2.39 bits per heavy atom. The van der Waals surface area contributed by atoms with Crippen molar-refractivity contribution in [3.05, 3.63) is 53.8 Å². The van der Waals surface area contributed by atoms with Gasteiger partial charge in [0.1, 0.15) is 11.6 Å². The molecule has 0 amide bonds. The predicted molar refractivity (Wildman–Crippen MR) is 116 cm³/mol. The zero-order valence-electron chi connectivity index (χ0n) is 17.4. The minimum Gasteiger partial charge on any atom is -0.497 e. The van der Waals surface area contributed by atoms with Crippen LogP contribution >= 0.6 is 11.3 Å². The van der Waals surface area contributed by atoms with Crippen molar-refractivity contribution in [1.29, 1.82) is 0 Å². The molecule has 31 heavy (non-hydrogen) atoms. The third-order valence-electron chi connectivity index (χ3n) is 4.53. The highest BCUT2D eigenvalue weighted by Gasteiger charge is 2.40. The Bertz CT molecular complexity index is 1050. The van der Waals surface area contributed by atoms with Crippen molar-refractivity contribution in [3.8, 4) is 5.75 Å². The Kier molecular flexibility index (Phi) is 7.41. The SMILES string of the molecule is CCOC(=O)C(C(=O)OCC)C(Nc1nc2ccc(OC)cc2s1)c1ccccc1F. The quantitative estimate of drug-likeness (QED) is 0.386. The van der Waals surface area contributed by atoms with Crippen LogP contribution in [-0.4, -0.2) is 37.2 Å². The Morgan fingerprint density at radius 1 is 1.10 bits per heavy atom. The molecule has 0 spiro atoms. The highest BCUT2D eigenvalue weighted by molar-refractivity contribution is 7.22. The van der Waals surface area contributed by atoms with Gasteiger partial charge in [-0.15, -0.1) is 0 Å². The standard InChI is InChI=1S/C22H23FN2O5S/c1-4-29-20(26)18(21(27)30-5-2)19(14-8-6-7-9-15(14)23)25-22-24-16-11-10-13(28-3)12-17(16)31-22/h6-12,18-19H,4-5H2,1-3H3,(H,24,25). The molecule has 3 aromatic rings. The predicted octanol–water partition coefficient (Wildman–Crippen LogP) is 4.34. The van der Waals surface area contributed by atoms with Gasteiger partial charge in [0.2, 0.25) is 0 Å². The van der Waals surface area contributed by atoms with Crippen LogP contribution in [0.15, 0.2) is 42.5 Å². The van der Waals surface area contributed by atoms with Crippen molar-refractivity contribution in [3.63, 3.8) is 0 Å². The van der Waals surface area contributed by atoms with E-state index in [-0.39, 0.29) is 18.8 Å². The minimum atomic E-state index is -1.42. The minimum absolute atomic E-state index is 0.0691. The number of methoxy groups -OCH3 is 1. The van der Waals surface area contributed by atoms with E-state index in [4.69, 9.17) is 14.2 Å². The second-order valence-electron chi connectivity index (χ2n) is 6.48. The molecule has 9 heteroatoms. The van der Waals surface area contributed by atoms with Crippen LogP contribution in [0, 0.1) is 11.7 Å². The summed E-state index contributed by atoms with van der Waals surface area (Å²) in [7, 11) is 1.57. The highest BCUT2D eigenvalue weighted by Crippen LogP contribution is 2.35. The number of nitrogens with zero attached hydrogens (tertiary/aromatic N) is 1. The number of thiazole rings is 1. The van der Waals surface area contributed by atoms with E-state index in [1.807, 2.05) is 6.07 Å². The summed E-state index contributed by atoms with van der Waals surface area (Å²) < 4.78 is 31.0. The molecule has 0 radical (unpaired) electrons. The molecule has 1 atom stereocenters. The van der Waals surface area contributed by atoms with Crippen LogP contribution in [-0.2, 0) is 19.1 Å². The number of fused-ring (bicyclic) bond motifs is 1. The fourth-order valence-electron chi connectivity index (χ4n) is 3.13. The zero-order valence-corrected chi connectivity index (χ0v) is 18.2. The Balaban J connectivity index is 2.06. The Labute approximate surface area is 183 Å². The van der Waals surface area contributed by atoms with Crippen LogP contribution in [0.25, 0.3) is 10.2 Å². The molecule has 0 fully saturated rings. The van der Waals surface area contributed by atoms with Crippen molar-refractivity contribution in [2.75, 3.05) is 25.6 Å². The van der Waals surface area contributed by atoms with Crippen LogP contribution in [0.1, 0.15) is 25.5 Å². The fourth-order valence-corrected chi connectivity index (χ4v) is 4.06. The summed E-state index contributed by atoms with van der Waals surface area (Å²) in [5.74, 6) is -2.92. The molecule has 0 saturated carbocycles. The average molecular weight is 447 g/mol. The lowest BCUT2D eigenvalue weighted by molar-refractivity contribution is -0.162. The van der Waals surface area contributed by atoms with Crippen molar-refractivity contribution in [2.24, 2.45) is 5.92 Å². The molecule has 0 aliphatic carbocycles. The van der Waals surface area contributed by atoms with Gasteiger partial charge < -0.3 is 19.5 Å². The molecule has 2 aromatic carbocycles. The number of anilines is 1. The molecule has 164 valence electrons. The summed E-state index contributed by atoms with van der Waals surface area (Å²) >= 11 is 1.29. The monoisotopic (exact) mass is 446 g/mol. The molecule has 0 bridgehead atoms. The van der Waals surface area contributed by atoms with Gasteiger partial charge in [-0.1, -0.05) is 29.5 Å². The first-order valence-electron chi connectivity index (χ1n) is 9.77. The van der Waals surface area contributed by atoms with Crippen LogP contribution in [0.5, 0.6) is 5.75 Å². The lowest BCUT2D eigenvalue weighted by Crippen LogP contribution is -2.37. The smallest absolute Gasteiger partial charge is 0.322 e. The fraction of sp³-hybridized carbons (Fsp3) is 0.318. The van der Waals surface area contributed by atoms with Gasteiger partial charge in [-0.25, -0.2) is 9.37 Å². The summed E-state index contributed by atoms with van der Waals surface area (Å²) in [5, 5.41) is 3.48. The number of rotatable bonds is 9. The van der Waals surface area contributed by atoms with E-state index in [2.05, 4.69) is 10.3 Å². The van der Waals surface area contributed by atoms with Gasteiger partial charge in [0, 0.05) is 5.56 Å². The number of ether oxygens (including phenoxy) is 3. The molecule has 1 aromatic heterocycles. The molecule has 1 unspecified atom stereocenters. The Morgan fingerprint density at radius 2 is 1.77 bits per heavy atom. The lowest BCUT2D eigenvalue weighted by atomic mass is 9.92. The van der Waals surface area contributed by atoms with Crippen LogP contribution in [0.3, 0.4) is 0 Å². The average Bonchev–Trinajstić information content (AvgIpc) is 3.15. The molecule has 0 aliphatic rings. The summed E-state index contributed by atoms with van der Waals surface area (Å²) in [4.78, 5) is 29.9. The van der Waals surface area contributed by atoms with Gasteiger partial charge in [-0.3, -0.25) is 9.59 Å². The molecule has 0 saturated heterocycles. The first-order valence-corrected chi connectivity index (χ1v) is 10.6. The summed E-state index contributed by atoms with van der Waals surface area (Å²) in [6, 6.07) is 10.2. The molecule has 0 aliphatic heterocycles. The van der Waals surface area contributed by atoms with E-state index < -0.39 is 29.7 Å². The first-order chi connectivity index (χ1) is 15.0. The normalized spacial score (nSPS) is 11.9. The molecule has 3 rings (SSSR count). The first kappa shape index (κ1) is 22.5. The Hall–Kier alpha value is -3.20. The molecule has 7 nitrogen and oxygen atoms in total. The van der Waals surface area contributed by atoms with Gasteiger partial charge >= 0.3 is 11.9 Å². The third-order valence-corrected chi connectivity index (χ3v) is 5.48. The largest absolute Gasteiger partial charge is 0.497 e. The number of benzene rings is 2. The van der Waals surface area contributed by atoms with Gasteiger partial charge in [-0.05, 0) is 38.1 Å². The van der Waals surface area contributed by atoms with Crippen LogP contribution < -0.4 is 10.1 Å². The van der Waals surface area contributed by atoms with E-state index >= 15 is 0 Å². The zero-order chi connectivity index (χ0) is 22.4. The van der Waals surface area contributed by atoms with Crippen LogP contribution in [0.4, 0.5) is 9.52 Å². The van der Waals surface area contributed by atoms with Crippen molar-refractivity contribution < 1.29 is 28.2 Å². The van der Waals surface area contributed by atoms with E-state index in [0.29, 0.717) is 16.4 Å². The molecular formula is C22H23FN2O5S. The lowest BCUT2D eigenvalue weighted by Gasteiger charge is -2.25. The molecule has 1 heterocycles. The maximum absolute atomic E-state index is 14.7. The number of halogens is 1. The van der Waals surface area contributed by atoms with Gasteiger partial charge in [0.15, 0.2) is 11.0 Å². The third kappa shape index (κ3) is 5.11. The van der Waals surface area contributed by atoms with Crippen LogP contribution in [0.2, 0.25) is 0 Å². The number of hydrogen-bond donors (Lipinski definition) is 1. The number of carbonyl (C=O) groups excluding carboxylic acids is 2. The summed E-state index contributed by atoms with van der Waals surface area (Å²) in [6.45, 7) is 3.40. The maximum atomic E-state index is 14.7. The number of aromatic nitrogens is 1. The van der Waals surface area contributed by atoms with E-state index in [1.54, 1.807) is 39.2 Å². The summed E-state index contributed by atoms with van der Waals surface area (Å²) in [6.07, 6.45) is 0. The number of esters is 2.